The van der Waals surface area contributed by atoms with Gasteiger partial charge in [-0.3, -0.25) is 0 Å². The van der Waals surface area contributed by atoms with Crippen molar-refractivity contribution >= 4 is 19.7 Å². The van der Waals surface area contributed by atoms with E-state index < -0.39 is 19.9 Å². The summed E-state index contributed by atoms with van der Waals surface area (Å²) in [7, 11) is -0.475. The molecule has 0 bridgehead atoms. The second kappa shape index (κ2) is 5.35. The Balaban J connectivity index is 2.71. The van der Waals surface area contributed by atoms with E-state index in [2.05, 4.69) is 10.9 Å². The van der Waals surface area contributed by atoms with Crippen LogP contribution in [0.2, 0.25) is 0 Å². The van der Waals surface area contributed by atoms with E-state index >= 15 is 0 Å². The van der Waals surface area contributed by atoms with Crippen molar-refractivity contribution in [1.29, 1.82) is 0 Å². The van der Waals surface area contributed by atoms with E-state index in [1.807, 2.05) is 0 Å². The molecule has 1 atom stereocenters. The van der Waals surface area contributed by atoms with Crippen molar-refractivity contribution in [2.24, 2.45) is 0 Å². The van der Waals surface area contributed by atoms with E-state index in [4.69, 9.17) is 5.11 Å². The molecule has 0 aromatic heterocycles. The number of nitrogens with one attached hydrogen (secondary N) is 1. The Bertz CT molecular complexity index is 446. The molecule has 0 radical (unpaired) electrons. The fraction of sp³-hybridized carbons (Fsp3) is 0.222. The summed E-state index contributed by atoms with van der Waals surface area (Å²) in [6.07, 6.45) is 4.64. The zero-order valence-electron chi connectivity index (χ0n) is 7.64. The van der Waals surface area contributed by atoms with Crippen LogP contribution in [0.4, 0.5) is 0 Å². The van der Waals surface area contributed by atoms with Gasteiger partial charge in [-0.15, -0.1) is 0 Å². The first kappa shape index (κ1) is 11.5. The topological polar surface area (TPSA) is 83.5 Å². The van der Waals surface area contributed by atoms with E-state index in [1.165, 1.54) is 12.2 Å². The van der Waals surface area contributed by atoms with Crippen molar-refractivity contribution in [2.75, 3.05) is 0 Å². The summed E-state index contributed by atoms with van der Waals surface area (Å²) in [6.45, 7) is 0. The summed E-state index contributed by atoms with van der Waals surface area (Å²) < 4.78 is 10.2. The Morgan fingerprint density at radius 3 is 2.80 bits per heavy atom. The van der Waals surface area contributed by atoms with Gasteiger partial charge in [-0.1, -0.05) is 0 Å². The van der Waals surface area contributed by atoms with Crippen LogP contribution in [0.15, 0.2) is 23.9 Å². The standard InChI is InChI=1S/C9H8NO4P/c11-7-3-1-6(2-4-7)10-8(5-15-14)9(12)13/h1-3,8,10H,4H2,(H,12,13)/t8-/m0/s1. The van der Waals surface area contributed by atoms with Gasteiger partial charge < -0.3 is 0 Å². The summed E-state index contributed by atoms with van der Waals surface area (Å²) >= 11 is 0. The number of ketones is 1. The van der Waals surface area contributed by atoms with Crippen molar-refractivity contribution < 1.29 is 19.3 Å². The van der Waals surface area contributed by atoms with E-state index in [-0.39, 0.29) is 12.2 Å². The molecule has 1 aliphatic carbocycles. The Labute approximate surface area is 87.0 Å². The number of carbonyl (C=O) groups excluding carboxylic acids is 1. The average molecular weight is 225 g/mol. The van der Waals surface area contributed by atoms with Gasteiger partial charge in [0.25, 0.3) is 0 Å². The molecule has 1 rings (SSSR count). The number of rotatable bonds is 3. The Hall–Kier alpha value is -1.57. The first-order valence-electron chi connectivity index (χ1n) is 4.12. The first-order valence-corrected chi connectivity index (χ1v) is 4.93. The van der Waals surface area contributed by atoms with Crippen LogP contribution in [0.1, 0.15) is 6.42 Å². The van der Waals surface area contributed by atoms with Crippen molar-refractivity contribution in [3.63, 3.8) is 0 Å². The van der Waals surface area contributed by atoms with Gasteiger partial charge in [0.1, 0.15) is 0 Å². The predicted octanol–water partition coefficient (Wildman–Crippen LogP) is 0.693. The maximum atomic E-state index is 10.8. The number of hydrogen-bond acceptors (Lipinski definition) is 4. The number of hydrogen-bond donors (Lipinski definition) is 2. The molecule has 0 amide bonds. The molecule has 0 heterocycles. The summed E-state index contributed by atoms with van der Waals surface area (Å²) in [5.41, 5.74) is 2.70. The van der Waals surface area contributed by atoms with Gasteiger partial charge in [-0.05, 0) is 0 Å². The van der Waals surface area contributed by atoms with Crippen LogP contribution >= 0.6 is 7.92 Å². The number of carbonyl (C=O) groups is 2. The minimum atomic E-state index is -1.18. The van der Waals surface area contributed by atoms with Gasteiger partial charge in [0.05, 0.1) is 0 Å². The van der Waals surface area contributed by atoms with Crippen molar-refractivity contribution in [2.45, 2.75) is 12.5 Å². The van der Waals surface area contributed by atoms with Gasteiger partial charge in [-0.25, -0.2) is 0 Å². The van der Waals surface area contributed by atoms with Gasteiger partial charge in [0.2, 0.25) is 0 Å². The molecule has 1 aliphatic rings. The number of carboxylic acid groups (broad SMARTS) is 1. The summed E-state index contributed by atoms with van der Waals surface area (Å²) in [6, 6.07) is -1.15. The van der Waals surface area contributed by atoms with E-state index in [1.54, 1.807) is 6.08 Å². The molecular weight excluding hydrogens is 217 g/mol. The normalized spacial score (nSPS) is 16.3. The molecule has 5 nitrogen and oxygen atoms in total. The molecule has 0 aliphatic heterocycles. The van der Waals surface area contributed by atoms with Crippen LogP contribution in [0, 0.1) is 5.63 Å². The molecule has 15 heavy (non-hydrogen) atoms. The second-order valence-electron chi connectivity index (χ2n) is 2.80. The fourth-order valence-electron chi connectivity index (χ4n) is 1.00. The van der Waals surface area contributed by atoms with Gasteiger partial charge in [-0.2, -0.15) is 0 Å². The molecular formula is C9H8NO4P. The number of aliphatic carboxylic acids is 1. The zero-order chi connectivity index (χ0) is 11.3. The van der Waals surface area contributed by atoms with Crippen LogP contribution in [0.25, 0.3) is 0 Å². The van der Waals surface area contributed by atoms with Crippen LogP contribution in [0.3, 0.4) is 0 Å². The van der Waals surface area contributed by atoms with E-state index in [9.17, 15) is 14.2 Å². The zero-order valence-corrected chi connectivity index (χ0v) is 8.53. The molecule has 0 unspecified atom stereocenters. The van der Waals surface area contributed by atoms with Crippen LogP contribution in [0.5, 0.6) is 0 Å². The molecule has 2 N–H and O–H groups in total. The van der Waals surface area contributed by atoms with Crippen molar-refractivity contribution in [1.82, 2.24) is 5.32 Å². The Kier molecular flexibility index (Phi) is 4.10. The Morgan fingerprint density at radius 1 is 1.60 bits per heavy atom. The fourth-order valence-corrected chi connectivity index (χ4v) is 1.29. The molecule has 0 saturated carbocycles. The van der Waals surface area contributed by atoms with Gasteiger partial charge in [0.15, 0.2) is 0 Å². The SMILES string of the molecule is O=P#C[C@H](NC1=CCC(=O)C=C1)C(=O)O. The summed E-state index contributed by atoms with van der Waals surface area (Å²) in [4.78, 5) is 21.5. The molecule has 78 valence electrons. The van der Waals surface area contributed by atoms with Crippen LogP contribution < -0.4 is 5.32 Å². The van der Waals surface area contributed by atoms with Crippen LogP contribution in [-0.4, -0.2) is 22.9 Å². The van der Waals surface area contributed by atoms with Crippen molar-refractivity contribution in [3.05, 3.63) is 23.9 Å². The molecule has 0 aromatic rings. The molecule has 0 saturated heterocycles. The number of carboxylic acids is 1. The monoisotopic (exact) mass is 225 g/mol. The maximum absolute atomic E-state index is 10.8. The van der Waals surface area contributed by atoms with E-state index in [0.717, 1.165) is 0 Å². The summed E-state index contributed by atoms with van der Waals surface area (Å²) in [5, 5.41) is 11.3. The third-order valence-electron chi connectivity index (χ3n) is 1.71. The Morgan fingerprint density at radius 2 is 2.33 bits per heavy atom. The molecule has 0 fully saturated rings. The van der Waals surface area contributed by atoms with Gasteiger partial charge >= 0.3 is 86.3 Å². The van der Waals surface area contributed by atoms with E-state index in [0.29, 0.717) is 5.70 Å². The number of allylic oxidation sites excluding steroid dienone is 3. The second-order valence-corrected chi connectivity index (χ2v) is 3.24. The predicted molar refractivity (Wildman–Crippen MR) is 52.9 cm³/mol. The quantitative estimate of drug-likeness (QED) is 0.690. The average Bonchev–Trinajstić information content (AvgIpc) is 2.20. The van der Waals surface area contributed by atoms with Crippen molar-refractivity contribution in [3.8, 4) is 5.63 Å². The first-order chi connectivity index (χ1) is 7.13. The third-order valence-corrected chi connectivity index (χ3v) is 2.08. The molecule has 6 heteroatoms. The third kappa shape index (κ3) is 3.58. The summed E-state index contributed by atoms with van der Waals surface area (Å²) in [5.74, 6) is -1.22. The van der Waals surface area contributed by atoms with Crippen LogP contribution in [-0.2, 0) is 14.2 Å². The van der Waals surface area contributed by atoms with Gasteiger partial charge in [0, 0.05) is 0 Å². The molecule has 0 aromatic carbocycles. The molecule has 0 spiro atoms. The minimum absolute atomic E-state index is 0.0395.